The number of nitrogens with one attached hydrogen (secondary N) is 1. The van der Waals surface area contributed by atoms with Crippen molar-refractivity contribution in [1.29, 1.82) is 0 Å². The summed E-state index contributed by atoms with van der Waals surface area (Å²) in [4.78, 5) is 21.8. The SMILES string of the molecule is CC(=O)Nc1nc(F)c(CN2C[C@H](Oc3ccc(C)nc3)C[C@@H]2C)s1. The number of amides is 1. The fourth-order valence-corrected chi connectivity index (χ4v) is 3.80. The molecule has 1 aliphatic heterocycles. The summed E-state index contributed by atoms with van der Waals surface area (Å²) in [5.41, 5.74) is 0.949. The maximum atomic E-state index is 14.0. The Morgan fingerprint density at radius 3 is 3.00 bits per heavy atom. The summed E-state index contributed by atoms with van der Waals surface area (Å²) >= 11 is 1.17. The van der Waals surface area contributed by atoms with Gasteiger partial charge in [0.1, 0.15) is 11.9 Å². The first-order valence-corrected chi connectivity index (χ1v) is 8.98. The number of hydrogen-bond donors (Lipinski definition) is 1. The average molecular weight is 364 g/mol. The molecule has 134 valence electrons. The zero-order valence-electron chi connectivity index (χ0n) is 14.5. The van der Waals surface area contributed by atoms with Crippen molar-refractivity contribution in [2.45, 2.75) is 45.9 Å². The standard InChI is InChI=1S/C17H21FN4O2S/c1-10-4-5-13(7-19-10)24-14-6-11(2)22(8-14)9-15-16(18)21-17(25-15)20-12(3)23/h4-5,7,11,14H,6,8-9H2,1-3H3,(H,20,21,23)/t11-,14+/m0/s1. The Morgan fingerprint density at radius 2 is 2.32 bits per heavy atom. The number of likely N-dealkylation sites (tertiary alicyclic amines) is 1. The van der Waals surface area contributed by atoms with Gasteiger partial charge in [0.05, 0.1) is 11.1 Å². The monoisotopic (exact) mass is 364 g/mol. The molecule has 0 radical (unpaired) electrons. The van der Waals surface area contributed by atoms with Gasteiger partial charge in [0.2, 0.25) is 11.9 Å². The Balaban J connectivity index is 1.61. The second-order valence-corrected chi connectivity index (χ2v) is 7.39. The van der Waals surface area contributed by atoms with E-state index in [1.165, 1.54) is 18.3 Å². The minimum atomic E-state index is -0.520. The molecule has 1 aliphatic rings. The number of ether oxygens (including phenoxy) is 1. The summed E-state index contributed by atoms with van der Waals surface area (Å²) in [6.45, 7) is 6.58. The van der Waals surface area contributed by atoms with Crippen LogP contribution in [0.4, 0.5) is 9.52 Å². The van der Waals surface area contributed by atoms with Crippen LogP contribution < -0.4 is 10.1 Å². The minimum absolute atomic E-state index is 0.0466. The van der Waals surface area contributed by atoms with Crippen molar-refractivity contribution >= 4 is 22.4 Å². The number of rotatable bonds is 5. The van der Waals surface area contributed by atoms with E-state index in [9.17, 15) is 9.18 Å². The molecule has 2 aromatic rings. The quantitative estimate of drug-likeness (QED) is 0.883. The lowest BCUT2D eigenvalue weighted by Crippen LogP contribution is -2.28. The molecule has 6 nitrogen and oxygen atoms in total. The summed E-state index contributed by atoms with van der Waals surface area (Å²) in [5.74, 6) is -0.0235. The molecule has 0 aliphatic carbocycles. The van der Waals surface area contributed by atoms with Crippen LogP contribution in [0.1, 0.15) is 30.8 Å². The third kappa shape index (κ3) is 4.52. The third-order valence-electron chi connectivity index (χ3n) is 4.13. The first-order chi connectivity index (χ1) is 11.9. The molecule has 3 heterocycles. The van der Waals surface area contributed by atoms with Crippen molar-refractivity contribution in [3.05, 3.63) is 34.8 Å². The van der Waals surface area contributed by atoms with Gasteiger partial charge in [0.15, 0.2) is 5.13 Å². The average Bonchev–Trinajstić information content (AvgIpc) is 3.04. The first-order valence-electron chi connectivity index (χ1n) is 8.17. The van der Waals surface area contributed by atoms with Crippen molar-refractivity contribution in [2.24, 2.45) is 0 Å². The molecule has 0 bridgehead atoms. The van der Waals surface area contributed by atoms with Crippen LogP contribution >= 0.6 is 11.3 Å². The van der Waals surface area contributed by atoms with Crippen LogP contribution in [-0.4, -0.2) is 39.5 Å². The highest BCUT2D eigenvalue weighted by Gasteiger charge is 2.31. The number of carbonyl (C=O) groups is 1. The van der Waals surface area contributed by atoms with Gasteiger partial charge in [0.25, 0.3) is 0 Å². The summed E-state index contributed by atoms with van der Waals surface area (Å²) in [7, 11) is 0. The Hall–Kier alpha value is -2.06. The summed E-state index contributed by atoms with van der Waals surface area (Å²) in [6.07, 6.45) is 2.64. The van der Waals surface area contributed by atoms with Gasteiger partial charge < -0.3 is 10.1 Å². The van der Waals surface area contributed by atoms with Gasteiger partial charge in [-0.1, -0.05) is 11.3 Å². The van der Waals surface area contributed by atoms with Gasteiger partial charge in [0, 0.05) is 38.2 Å². The molecular formula is C17H21FN4O2S. The highest BCUT2D eigenvalue weighted by atomic mass is 32.1. The number of hydrogen-bond acceptors (Lipinski definition) is 6. The zero-order valence-corrected chi connectivity index (χ0v) is 15.3. The molecule has 1 N–H and O–H groups in total. The van der Waals surface area contributed by atoms with Crippen molar-refractivity contribution in [3.8, 4) is 5.75 Å². The van der Waals surface area contributed by atoms with E-state index < -0.39 is 5.95 Å². The molecule has 1 amide bonds. The molecule has 2 atom stereocenters. The predicted molar refractivity (Wildman–Crippen MR) is 94.3 cm³/mol. The number of carbonyl (C=O) groups excluding carboxylic acids is 1. The lowest BCUT2D eigenvalue weighted by Gasteiger charge is -2.19. The maximum Gasteiger partial charge on any atom is 0.230 e. The third-order valence-corrected chi connectivity index (χ3v) is 5.06. The molecule has 0 unspecified atom stereocenters. The predicted octanol–water partition coefficient (Wildman–Crippen LogP) is 2.99. The Labute approximate surface area is 150 Å². The van der Waals surface area contributed by atoms with E-state index in [2.05, 4.69) is 27.1 Å². The van der Waals surface area contributed by atoms with Crippen LogP contribution in [-0.2, 0) is 11.3 Å². The van der Waals surface area contributed by atoms with Gasteiger partial charge >= 0.3 is 0 Å². The molecule has 2 aromatic heterocycles. The summed E-state index contributed by atoms with van der Waals surface area (Å²) in [5, 5.41) is 2.82. The molecule has 0 aromatic carbocycles. The van der Waals surface area contributed by atoms with Crippen LogP contribution in [0.5, 0.6) is 5.75 Å². The zero-order chi connectivity index (χ0) is 18.0. The normalized spacial score (nSPS) is 20.6. The highest BCUT2D eigenvalue weighted by Crippen LogP contribution is 2.28. The summed E-state index contributed by atoms with van der Waals surface area (Å²) < 4.78 is 20.0. The number of nitrogens with zero attached hydrogens (tertiary/aromatic N) is 3. The number of aromatic nitrogens is 2. The second kappa shape index (κ2) is 7.45. The minimum Gasteiger partial charge on any atom is -0.487 e. The summed E-state index contributed by atoms with van der Waals surface area (Å²) in [6, 6.07) is 4.11. The van der Waals surface area contributed by atoms with E-state index in [0.29, 0.717) is 23.1 Å². The van der Waals surface area contributed by atoms with E-state index in [1.807, 2.05) is 19.1 Å². The number of halogens is 1. The smallest absolute Gasteiger partial charge is 0.230 e. The number of thiazole rings is 1. The van der Waals surface area contributed by atoms with Crippen molar-refractivity contribution in [3.63, 3.8) is 0 Å². The van der Waals surface area contributed by atoms with Gasteiger partial charge in [-0.05, 0) is 26.0 Å². The van der Waals surface area contributed by atoms with E-state index in [0.717, 1.165) is 17.9 Å². The van der Waals surface area contributed by atoms with Crippen molar-refractivity contribution < 1.29 is 13.9 Å². The number of pyridine rings is 1. The van der Waals surface area contributed by atoms with E-state index in [1.54, 1.807) is 6.20 Å². The van der Waals surface area contributed by atoms with Crippen LogP contribution in [0.25, 0.3) is 0 Å². The fraction of sp³-hybridized carbons (Fsp3) is 0.471. The molecular weight excluding hydrogens is 343 g/mol. The molecule has 1 fully saturated rings. The number of aryl methyl sites for hydroxylation is 1. The van der Waals surface area contributed by atoms with Gasteiger partial charge in [-0.25, -0.2) is 0 Å². The van der Waals surface area contributed by atoms with Gasteiger partial charge in [-0.3, -0.25) is 14.7 Å². The number of anilines is 1. The molecule has 0 spiro atoms. The molecule has 25 heavy (non-hydrogen) atoms. The molecule has 3 rings (SSSR count). The van der Waals surface area contributed by atoms with Gasteiger partial charge in [-0.15, -0.1) is 0 Å². The van der Waals surface area contributed by atoms with Crippen molar-refractivity contribution in [2.75, 3.05) is 11.9 Å². The lowest BCUT2D eigenvalue weighted by atomic mass is 10.2. The highest BCUT2D eigenvalue weighted by molar-refractivity contribution is 7.15. The molecule has 8 heteroatoms. The van der Waals surface area contributed by atoms with E-state index in [4.69, 9.17) is 4.74 Å². The Morgan fingerprint density at radius 1 is 1.52 bits per heavy atom. The topological polar surface area (TPSA) is 67.4 Å². The lowest BCUT2D eigenvalue weighted by molar-refractivity contribution is -0.114. The van der Waals surface area contributed by atoms with Crippen LogP contribution in [0.3, 0.4) is 0 Å². The Bertz CT molecular complexity index is 750. The van der Waals surface area contributed by atoms with Crippen LogP contribution in [0.2, 0.25) is 0 Å². The van der Waals surface area contributed by atoms with Crippen LogP contribution in [0, 0.1) is 12.9 Å². The molecule has 0 saturated carbocycles. The van der Waals surface area contributed by atoms with Crippen molar-refractivity contribution in [1.82, 2.24) is 14.9 Å². The molecule has 1 saturated heterocycles. The fourth-order valence-electron chi connectivity index (χ4n) is 2.89. The van der Waals surface area contributed by atoms with E-state index in [-0.39, 0.29) is 18.1 Å². The largest absolute Gasteiger partial charge is 0.487 e. The first kappa shape index (κ1) is 17.8. The second-order valence-electron chi connectivity index (χ2n) is 6.30. The Kier molecular flexibility index (Phi) is 5.29. The van der Waals surface area contributed by atoms with E-state index >= 15 is 0 Å². The maximum absolute atomic E-state index is 14.0. The van der Waals surface area contributed by atoms with Crippen LogP contribution in [0.15, 0.2) is 18.3 Å². The van der Waals surface area contributed by atoms with Gasteiger partial charge in [-0.2, -0.15) is 9.37 Å².